The van der Waals surface area contributed by atoms with E-state index in [0.29, 0.717) is 34.4 Å². The van der Waals surface area contributed by atoms with E-state index in [1.165, 1.54) is 11.8 Å². The molecule has 160 valence electrons. The minimum Gasteiger partial charge on any atom is -0.497 e. The van der Waals surface area contributed by atoms with Gasteiger partial charge >= 0.3 is 0 Å². The molecule has 2 heterocycles. The second-order valence-electron chi connectivity index (χ2n) is 6.98. The van der Waals surface area contributed by atoms with Crippen molar-refractivity contribution >= 4 is 28.4 Å². The van der Waals surface area contributed by atoms with E-state index in [1.807, 2.05) is 83.3 Å². The zero-order chi connectivity index (χ0) is 21.9. The first-order valence-corrected chi connectivity index (χ1v) is 11.1. The second kappa shape index (κ2) is 8.76. The van der Waals surface area contributed by atoms with Gasteiger partial charge in [0.25, 0.3) is 5.56 Å². The number of benzene rings is 3. The van der Waals surface area contributed by atoms with Crippen LogP contribution < -0.4 is 15.0 Å². The van der Waals surface area contributed by atoms with Crippen molar-refractivity contribution in [2.24, 2.45) is 0 Å². The number of hydrogen-bond acceptors (Lipinski definition) is 6. The number of methoxy groups -OCH3 is 1. The molecule has 32 heavy (non-hydrogen) atoms. The molecule has 5 rings (SSSR count). The molecule has 0 N–H and O–H groups in total. The molecule has 0 radical (unpaired) electrons. The van der Waals surface area contributed by atoms with Crippen molar-refractivity contribution < 1.29 is 9.47 Å². The Kier molecular flexibility index (Phi) is 5.51. The molecular formula is C24H20N4O3S. The van der Waals surface area contributed by atoms with Crippen LogP contribution in [-0.2, 0) is 0 Å². The predicted molar refractivity (Wildman–Crippen MR) is 125 cm³/mol. The molecule has 0 fully saturated rings. The molecule has 8 heteroatoms. The van der Waals surface area contributed by atoms with E-state index in [0.717, 1.165) is 17.0 Å². The fourth-order valence-corrected chi connectivity index (χ4v) is 4.30. The van der Waals surface area contributed by atoms with Crippen LogP contribution in [0.25, 0.3) is 22.4 Å². The maximum absolute atomic E-state index is 13.3. The average Bonchev–Trinajstić information content (AvgIpc) is 3.27. The molecule has 0 aliphatic carbocycles. The predicted octanol–water partition coefficient (Wildman–Crippen LogP) is 4.21. The van der Waals surface area contributed by atoms with Crippen molar-refractivity contribution in [2.45, 2.75) is 5.16 Å². The van der Waals surface area contributed by atoms with Crippen LogP contribution in [0.15, 0.2) is 88.8 Å². The molecule has 0 atom stereocenters. The van der Waals surface area contributed by atoms with Crippen LogP contribution in [0.2, 0.25) is 0 Å². The smallest absolute Gasteiger partial charge is 0.267 e. The largest absolute Gasteiger partial charge is 0.497 e. The Bertz CT molecular complexity index is 1430. The SMILES string of the molecule is COc1ccc(-n2c(=O)c3ccccc3n3c(SCCOc4ccccc4)nnc23)cc1. The number of hydrogen-bond donors (Lipinski definition) is 0. The minimum atomic E-state index is -0.144. The number of ether oxygens (including phenoxy) is 2. The van der Waals surface area contributed by atoms with Crippen molar-refractivity contribution in [1.82, 2.24) is 19.2 Å². The fraction of sp³-hybridized carbons (Fsp3) is 0.125. The van der Waals surface area contributed by atoms with Gasteiger partial charge in [0.1, 0.15) is 11.5 Å². The summed E-state index contributed by atoms with van der Waals surface area (Å²) in [5, 5.41) is 10.1. The first-order valence-electron chi connectivity index (χ1n) is 10.1. The lowest BCUT2D eigenvalue weighted by atomic mass is 10.2. The lowest BCUT2D eigenvalue weighted by Crippen LogP contribution is -2.21. The van der Waals surface area contributed by atoms with Crippen molar-refractivity contribution in [3.8, 4) is 17.2 Å². The number of fused-ring (bicyclic) bond motifs is 3. The normalized spacial score (nSPS) is 11.2. The Morgan fingerprint density at radius 1 is 0.875 bits per heavy atom. The van der Waals surface area contributed by atoms with Crippen LogP contribution in [0.1, 0.15) is 0 Å². The van der Waals surface area contributed by atoms with Gasteiger partial charge in [0.15, 0.2) is 5.16 Å². The van der Waals surface area contributed by atoms with E-state index >= 15 is 0 Å². The minimum absolute atomic E-state index is 0.144. The fourth-order valence-electron chi connectivity index (χ4n) is 3.55. The molecule has 0 unspecified atom stereocenters. The zero-order valence-corrected chi connectivity index (χ0v) is 18.2. The van der Waals surface area contributed by atoms with Gasteiger partial charge in [-0.2, -0.15) is 0 Å². The van der Waals surface area contributed by atoms with Crippen molar-refractivity contribution in [1.29, 1.82) is 0 Å². The van der Waals surface area contributed by atoms with Crippen molar-refractivity contribution in [3.63, 3.8) is 0 Å². The second-order valence-corrected chi connectivity index (χ2v) is 8.05. The van der Waals surface area contributed by atoms with E-state index in [1.54, 1.807) is 11.7 Å². The Morgan fingerprint density at radius 2 is 1.62 bits per heavy atom. The summed E-state index contributed by atoms with van der Waals surface area (Å²) in [5.41, 5.74) is 1.33. The highest BCUT2D eigenvalue weighted by atomic mass is 32.2. The molecule has 7 nitrogen and oxygen atoms in total. The molecule has 2 aromatic heterocycles. The molecule has 0 saturated heterocycles. The Balaban J connectivity index is 1.54. The van der Waals surface area contributed by atoms with Crippen LogP contribution in [0.4, 0.5) is 0 Å². The molecule has 0 aliphatic heterocycles. The number of thioether (sulfide) groups is 1. The summed E-state index contributed by atoms with van der Waals surface area (Å²) in [6.07, 6.45) is 0. The molecule has 0 bridgehead atoms. The summed E-state index contributed by atoms with van der Waals surface area (Å²) in [5.74, 6) is 2.70. The third kappa shape index (κ3) is 3.69. The highest BCUT2D eigenvalue weighted by molar-refractivity contribution is 7.99. The topological polar surface area (TPSA) is 70.7 Å². The van der Waals surface area contributed by atoms with E-state index in [9.17, 15) is 4.79 Å². The highest BCUT2D eigenvalue weighted by Crippen LogP contribution is 2.24. The Labute approximate surface area is 188 Å². The summed E-state index contributed by atoms with van der Waals surface area (Å²) >= 11 is 1.54. The maximum atomic E-state index is 13.3. The van der Waals surface area contributed by atoms with E-state index in [4.69, 9.17) is 9.47 Å². The Morgan fingerprint density at radius 3 is 2.41 bits per heavy atom. The van der Waals surface area contributed by atoms with Crippen LogP contribution in [0.3, 0.4) is 0 Å². The maximum Gasteiger partial charge on any atom is 0.267 e. The molecule has 0 aliphatic rings. The molecular weight excluding hydrogens is 424 g/mol. The highest BCUT2D eigenvalue weighted by Gasteiger charge is 2.17. The first-order chi connectivity index (χ1) is 15.8. The van der Waals surface area contributed by atoms with Crippen LogP contribution in [0, 0.1) is 0 Å². The van der Waals surface area contributed by atoms with Crippen molar-refractivity contribution in [3.05, 3.63) is 89.2 Å². The van der Waals surface area contributed by atoms with Gasteiger partial charge in [-0.15, -0.1) is 10.2 Å². The number of nitrogens with zero attached hydrogens (tertiary/aromatic N) is 4. The van der Waals surface area contributed by atoms with Crippen LogP contribution >= 0.6 is 11.8 Å². The van der Waals surface area contributed by atoms with E-state index in [2.05, 4.69) is 10.2 Å². The zero-order valence-electron chi connectivity index (χ0n) is 17.3. The lowest BCUT2D eigenvalue weighted by Gasteiger charge is -2.12. The summed E-state index contributed by atoms with van der Waals surface area (Å²) in [6.45, 7) is 0.527. The van der Waals surface area contributed by atoms with Crippen molar-refractivity contribution in [2.75, 3.05) is 19.5 Å². The summed E-state index contributed by atoms with van der Waals surface area (Å²) in [7, 11) is 1.61. The van der Waals surface area contributed by atoms with E-state index in [-0.39, 0.29) is 5.56 Å². The van der Waals surface area contributed by atoms with Gasteiger partial charge in [-0.25, -0.2) is 4.57 Å². The standard InChI is InChI=1S/C24H20N4O3S/c1-30-18-13-11-17(12-14-18)27-22(29)20-9-5-6-10-21(20)28-23(27)25-26-24(28)32-16-15-31-19-7-3-2-4-8-19/h2-14H,15-16H2,1H3. The first kappa shape index (κ1) is 20.1. The number of para-hydroxylation sites is 2. The average molecular weight is 445 g/mol. The summed E-state index contributed by atoms with van der Waals surface area (Å²) < 4.78 is 14.5. The van der Waals surface area contributed by atoms with Gasteiger partial charge < -0.3 is 9.47 Å². The van der Waals surface area contributed by atoms with Gasteiger partial charge in [-0.1, -0.05) is 42.1 Å². The molecule has 0 saturated carbocycles. The van der Waals surface area contributed by atoms with Crippen LogP contribution in [-0.4, -0.2) is 38.6 Å². The van der Waals surface area contributed by atoms with Gasteiger partial charge in [0, 0.05) is 5.75 Å². The summed E-state index contributed by atoms with van der Waals surface area (Å²) in [4.78, 5) is 13.3. The van der Waals surface area contributed by atoms with E-state index < -0.39 is 0 Å². The van der Waals surface area contributed by atoms with Gasteiger partial charge in [-0.05, 0) is 48.5 Å². The quantitative estimate of drug-likeness (QED) is 0.277. The van der Waals surface area contributed by atoms with Gasteiger partial charge in [0.2, 0.25) is 5.78 Å². The Hall–Kier alpha value is -3.78. The molecule has 5 aromatic rings. The number of aromatic nitrogens is 4. The summed E-state index contributed by atoms with van der Waals surface area (Å²) in [6, 6.07) is 24.5. The van der Waals surface area contributed by atoms with Gasteiger partial charge in [0.05, 0.1) is 30.3 Å². The third-order valence-electron chi connectivity index (χ3n) is 5.05. The molecule has 3 aromatic carbocycles. The monoisotopic (exact) mass is 444 g/mol. The third-order valence-corrected chi connectivity index (χ3v) is 5.94. The van der Waals surface area contributed by atoms with Gasteiger partial charge in [-0.3, -0.25) is 9.20 Å². The van der Waals surface area contributed by atoms with Crippen LogP contribution in [0.5, 0.6) is 11.5 Å². The molecule has 0 spiro atoms. The number of rotatable bonds is 7. The lowest BCUT2D eigenvalue weighted by molar-refractivity contribution is 0.344. The molecule has 0 amide bonds.